The molecule has 444 valence electrons. The quantitative estimate of drug-likeness (QED) is 0.0215. The number of esters is 3. The topological polar surface area (TPSA) is 284 Å². The van der Waals surface area contributed by atoms with Crippen LogP contribution in [0.2, 0.25) is 0 Å². The lowest BCUT2D eigenvalue weighted by molar-refractivity contribution is -0.193. The Balaban J connectivity index is 1.02. The largest absolute Gasteiger partial charge is 0.461 e. The van der Waals surface area contributed by atoms with Crippen LogP contribution in [0.15, 0.2) is 157 Å². The Bertz CT molecular complexity index is 3250. The Kier molecular flexibility index (Phi) is 19.7. The zero-order valence-corrected chi connectivity index (χ0v) is 48.1. The van der Waals surface area contributed by atoms with Gasteiger partial charge in [-0.3, -0.25) is 39.1 Å². The van der Waals surface area contributed by atoms with Crippen LogP contribution in [-0.2, 0) is 62.0 Å². The summed E-state index contributed by atoms with van der Waals surface area (Å²) in [7, 11) is 1.16. The fraction of sp³-hybridized carbons (Fsp3) is 0.311. The van der Waals surface area contributed by atoms with Crippen LogP contribution >= 0.6 is 11.8 Å². The van der Waals surface area contributed by atoms with Crippen LogP contribution in [0.25, 0.3) is 0 Å². The molecular formula is C61H63N7O16S. The maximum Gasteiger partial charge on any atom is 0.411 e. The summed E-state index contributed by atoms with van der Waals surface area (Å²) in [5.74, 6) is -6.67. The lowest BCUT2D eigenvalue weighted by atomic mass is 9.96. The number of alkyl carbamates (subject to hydrolysis) is 1. The van der Waals surface area contributed by atoms with Gasteiger partial charge in [0.15, 0.2) is 18.2 Å². The minimum Gasteiger partial charge on any atom is -0.461 e. The highest BCUT2D eigenvalue weighted by atomic mass is 32.2. The van der Waals surface area contributed by atoms with Crippen LogP contribution in [0.1, 0.15) is 80.7 Å². The van der Waals surface area contributed by atoms with Gasteiger partial charge in [0, 0.05) is 50.7 Å². The number of rotatable bonds is 20. The van der Waals surface area contributed by atoms with E-state index < -0.39 is 107 Å². The number of urea groups is 1. The highest BCUT2D eigenvalue weighted by molar-refractivity contribution is 8.00. The average molecular weight is 1180 g/mol. The summed E-state index contributed by atoms with van der Waals surface area (Å²) >= 11 is 1.07. The van der Waals surface area contributed by atoms with Gasteiger partial charge in [0.2, 0.25) is 5.91 Å². The number of hydrogen-bond acceptors (Lipinski definition) is 17. The Morgan fingerprint density at radius 1 is 0.671 bits per heavy atom. The van der Waals surface area contributed by atoms with Crippen LogP contribution in [0.4, 0.5) is 20.1 Å². The van der Waals surface area contributed by atoms with Gasteiger partial charge in [-0.05, 0) is 67.6 Å². The minimum absolute atomic E-state index is 0.00785. The van der Waals surface area contributed by atoms with Crippen molar-refractivity contribution < 1.29 is 76.4 Å². The number of ether oxygens (including phenoxy) is 6. The standard InChI is InChI=1S/C61H63N7O16S/c1-7-66-32-33-67(52(72)51(66)71)57(76)64-46(38-28-30-44(31-29-38)62-58(77)81-35-45(63-59(78)84-60(3,4)5)53(73)82-48(39-20-12-8-13-21-39)40-22-14-9-15-23-40)50(70)65-61(79-6)55(75)68-47(43(34-80-37(2)69)36-85-56(61)68)54(74)83-49(41-24-16-10-17-25-41)42-26-18-11-19-27-42/h8-31,45-46,48-49,56H,7,32-36H2,1-6H3,(H,62,77)(H,63,78)(H,64,76)(H,65,70)/t45?,46-,56-,61+/m1/s1. The van der Waals surface area contributed by atoms with Gasteiger partial charge in [0.25, 0.3) is 11.6 Å². The molecule has 23 nitrogen and oxygen atoms in total. The molecule has 0 bridgehead atoms. The first kappa shape index (κ1) is 61.5. The van der Waals surface area contributed by atoms with E-state index in [0.29, 0.717) is 27.2 Å². The van der Waals surface area contributed by atoms with Crippen molar-refractivity contribution >= 4 is 77.2 Å². The fourth-order valence-corrected chi connectivity index (χ4v) is 10.8. The summed E-state index contributed by atoms with van der Waals surface area (Å²) in [6.45, 7) is 6.60. The second kappa shape index (κ2) is 27.2. The van der Waals surface area contributed by atoms with Gasteiger partial charge in [-0.1, -0.05) is 133 Å². The normalized spacial score (nSPS) is 17.4. The van der Waals surface area contributed by atoms with Crippen LogP contribution in [0.3, 0.4) is 0 Å². The molecule has 2 fully saturated rings. The number of β-lactam (4-membered cyclic amide) rings is 1. The third kappa shape index (κ3) is 14.6. The average Bonchev–Trinajstić information content (AvgIpc) is 0.783. The third-order valence-corrected chi connectivity index (χ3v) is 14.9. The van der Waals surface area contributed by atoms with Crippen molar-refractivity contribution in [2.75, 3.05) is 51.0 Å². The van der Waals surface area contributed by atoms with E-state index in [0.717, 1.165) is 23.8 Å². The van der Waals surface area contributed by atoms with Crippen molar-refractivity contribution in [1.82, 2.24) is 30.7 Å². The number of thioether (sulfide) groups is 1. The molecule has 4 atom stereocenters. The smallest absolute Gasteiger partial charge is 0.411 e. The Morgan fingerprint density at radius 2 is 1.21 bits per heavy atom. The molecule has 0 aromatic heterocycles. The lowest BCUT2D eigenvalue weighted by Crippen LogP contribution is -2.81. The summed E-state index contributed by atoms with van der Waals surface area (Å²) in [5, 5.41) is 8.93. The molecule has 5 aromatic carbocycles. The van der Waals surface area contributed by atoms with Crippen molar-refractivity contribution in [3.8, 4) is 0 Å². The van der Waals surface area contributed by atoms with Gasteiger partial charge < -0.3 is 49.3 Å². The molecule has 3 aliphatic heterocycles. The number of piperazine rings is 1. The number of benzene rings is 5. The van der Waals surface area contributed by atoms with Gasteiger partial charge >= 0.3 is 47.9 Å². The highest BCUT2D eigenvalue weighted by Gasteiger charge is 2.67. The Morgan fingerprint density at radius 3 is 1.72 bits per heavy atom. The molecule has 0 aliphatic carbocycles. The number of hydrogen-bond donors (Lipinski definition) is 4. The molecular weight excluding hydrogens is 1120 g/mol. The van der Waals surface area contributed by atoms with Crippen molar-refractivity contribution in [2.45, 2.75) is 75.6 Å². The van der Waals surface area contributed by atoms with Gasteiger partial charge in [-0.15, -0.1) is 11.8 Å². The second-order valence-corrected chi connectivity index (χ2v) is 21.6. The number of amides is 8. The Labute approximate surface area is 493 Å². The van der Waals surface area contributed by atoms with E-state index in [1.165, 1.54) is 36.1 Å². The van der Waals surface area contributed by atoms with Crippen LogP contribution in [0.5, 0.6) is 0 Å². The zero-order chi connectivity index (χ0) is 61.0. The first-order valence-electron chi connectivity index (χ1n) is 26.9. The molecule has 0 radical (unpaired) electrons. The molecule has 0 saturated carbocycles. The molecule has 1 unspecified atom stereocenters. The number of carbonyl (C=O) groups excluding carboxylic acids is 10. The molecule has 2 saturated heterocycles. The molecule has 24 heteroatoms. The van der Waals surface area contributed by atoms with Crippen molar-refractivity contribution in [2.24, 2.45) is 0 Å². The van der Waals surface area contributed by atoms with Crippen molar-refractivity contribution in [3.05, 3.63) is 185 Å². The number of nitrogens with one attached hydrogen (secondary N) is 4. The Hall–Kier alpha value is -9.55. The predicted octanol–water partition coefficient (Wildman–Crippen LogP) is 6.43. The minimum atomic E-state index is -2.21. The lowest BCUT2D eigenvalue weighted by Gasteiger charge is -2.56. The van der Waals surface area contributed by atoms with Crippen molar-refractivity contribution in [3.63, 3.8) is 0 Å². The monoisotopic (exact) mass is 1180 g/mol. The second-order valence-electron chi connectivity index (χ2n) is 20.5. The molecule has 5 aromatic rings. The highest BCUT2D eigenvalue weighted by Crippen LogP contribution is 2.48. The van der Waals surface area contributed by atoms with E-state index in [4.69, 9.17) is 28.4 Å². The van der Waals surface area contributed by atoms with Crippen LogP contribution in [-0.4, -0.2) is 143 Å². The van der Waals surface area contributed by atoms with E-state index in [9.17, 15) is 47.9 Å². The molecule has 85 heavy (non-hydrogen) atoms. The SMILES string of the molecule is CCN1CCN(C(=O)N[C@@H](C(=O)N[C@]2(OC)C(=O)N3C(C(=O)OC(c4ccccc4)c4ccccc4)=C(COC(C)=O)CS[C@@H]32)c2ccc(NC(=O)OCC(NC(=O)OC(C)(C)C)C(=O)OC(c3ccccc3)c3ccccc3)cc2)C(=O)C1=O. The zero-order valence-electron chi connectivity index (χ0n) is 47.3. The summed E-state index contributed by atoms with van der Waals surface area (Å²) < 4.78 is 34.2. The number of imide groups is 1. The van der Waals surface area contributed by atoms with Gasteiger partial charge in [0.1, 0.15) is 35.9 Å². The number of anilines is 1. The number of nitrogens with zero attached hydrogens (tertiary/aromatic N) is 3. The summed E-state index contributed by atoms with van der Waals surface area (Å²) in [4.78, 5) is 140. The molecule has 3 aliphatic rings. The number of fused-ring (bicyclic) bond motifs is 1. The van der Waals surface area contributed by atoms with E-state index in [1.807, 2.05) is 0 Å². The molecule has 8 amide bonds. The van der Waals surface area contributed by atoms with Crippen molar-refractivity contribution in [1.29, 1.82) is 0 Å². The fourth-order valence-electron chi connectivity index (χ4n) is 9.38. The van der Waals surface area contributed by atoms with Crippen LogP contribution < -0.4 is 21.3 Å². The summed E-state index contributed by atoms with van der Waals surface area (Å²) in [6.07, 6.45) is -3.96. The van der Waals surface area contributed by atoms with Gasteiger partial charge in [-0.2, -0.15) is 0 Å². The van der Waals surface area contributed by atoms with Gasteiger partial charge in [0.05, 0.1) is 0 Å². The van der Waals surface area contributed by atoms with E-state index >= 15 is 0 Å². The van der Waals surface area contributed by atoms with Gasteiger partial charge in [-0.25, -0.2) is 24.0 Å². The van der Waals surface area contributed by atoms with Crippen LogP contribution in [0, 0.1) is 0 Å². The number of likely N-dealkylation sites (N-methyl/N-ethyl adjacent to an activating group) is 1. The first-order valence-corrected chi connectivity index (χ1v) is 28.0. The predicted molar refractivity (Wildman–Crippen MR) is 306 cm³/mol. The molecule has 4 N–H and O–H groups in total. The van der Waals surface area contributed by atoms with E-state index in [-0.39, 0.29) is 54.5 Å². The first-order chi connectivity index (χ1) is 40.7. The maximum atomic E-state index is 14.9. The molecule has 3 heterocycles. The van der Waals surface area contributed by atoms with E-state index in [1.54, 1.807) is 149 Å². The summed E-state index contributed by atoms with van der Waals surface area (Å²) in [6, 6.07) is 36.4. The summed E-state index contributed by atoms with van der Waals surface area (Å²) in [5.41, 5.74) is -0.625. The maximum absolute atomic E-state index is 14.9. The third-order valence-electron chi connectivity index (χ3n) is 13.6. The molecule has 8 rings (SSSR count). The molecule has 0 spiro atoms. The number of carbonyl (C=O) groups is 10. The van der Waals surface area contributed by atoms with E-state index in [2.05, 4.69) is 21.3 Å². The number of methoxy groups -OCH3 is 1.